The molecule has 14 heteroatoms. The van der Waals surface area contributed by atoms with Crippen molar-refractivity contribution in [2.24, 2.45) is 0 Å². The van der Waals surface area contributed by atoms with Crippen molar-refractivity contribution in [1.29, 1.82) is 10.7 Å². The molecule has 5 aromatic rings. The number of likely N-dealkylation sites (tertiary alicyclic amines) is 1. The van der Waals surface area contributed by atoms with Crippen LogP contribution in [-0.4, -0.2) is 70.9 Å². The van der Waals surface area contributed by atoms with Crippen LogP contribution in [0.4, 0.5) is 0 Å². The number of aromatic nitrogens is 2. The topological polar surface area (TPSA) is 162 Å². The van der Waals surface area contributed by atoms with Gasteiger partial charge in [0.1, 0.15) is 34.0 Å². The number of β-amino-alcohol motifs (C(OH)–C–C–N with tert-alkyl or cyclic N) is 1. The smallest absolute Gasteiger partial charge is 0.236 e. The molecule has 0 unspecified atom stereocenters. The van der Waals surface area contributed by atoms with Crippen LogP contribution in [0.2, 0.25) is 10.0 Å². The zero-order chi connectivity index (χ0) is 38.2. The number of pyridine rings is 2. The van der Waals surface area contributed by atoms with Crippen molar-refractivity contribution in [3.8, 4) is 40.3 Å². The molecule has 2 aliphatic heterocycles. The molecule has 12 nitrogen and oxygen atoms in total. The van der Waals surface area contributed by atoms with Gasteiger partial charge >= 0.3 is 0 Å². The lowest BCUT2D eigenvalue weighted by atomic mass is 9.95. The number of carbonyl (C=O) groups excluding carboxylic acids is 1. The summed E-state index contributed by atoms with van der Waals surface area (Å²) in [5.41, 5.74) is 6.34. The van der Waals surface area contributed by atoms with Crippen LogP contribution in [0.5, 0.6) is 11.8 Å². The number of amides is 1. The number of nitriles is 1. The van der Waals surface area contributed by atoms with Gasteiger partial charge in [0.2, 0.25) is 17.7 Å². The molecule has 4 N–H and O–H groups in total. The summed E-state index contributed by atoms with van der Waals surface area (Å²) in [6.07, 6.45) is 4.60. The average molecular weight is 783 g/mol. The van der Waals surface area contributed by atoms with Gasteiger partial charge in [-0.3, -0.25) is 15.1 Å². The van der Waals surface area contributed by atoms with E-state index in [-0.39, 0.29) is 29.6 Å². The van der Waals surface area contributed by atoms with Crippen LogP contribution >= 0.6 is 23.2 Å². The van der Waals surface area contributed by atoms with Crippen molar-refractivity contribution in [3.05, 3.63) is 92.5 Å². The first-order valence-electron chi connectivity index (χ1n) is 18.5. The molecular formula is C41H41Cl2N7O5. The molecule has 0 spiro atoms. The summed E-state index contributed by atoms with van der Waals surface area (Å²) < 4.78 is 20.1. The van der Waals surface area contributed by atoms with Crippen LogP contribution in [0.15, 0.2) is 59.1 Å². The van der Waals surface area contributed by atoms with Crippen molar-refractivity contribution in [2.75, 3.05) is 33.3 Å². The van der Waals surface area contributed by atoms with E-state index < -0.39 is 0 Å². The molecule has 3 aliphatic rings. The molecular weight excluding hydrogens is 741 g/mol. The summed E-state index contributed by atoms with van der Waals surface area (Å²) in [6, 6.07) is 17.9. The predicted molar refractivity (Wildman–Crippen MR) is 208 cm³/mol. The van der Waals surface area contributed by atoms with Gasteiger partial charge in [0.25, 0.3) is 0 Å². The van der Waals surface area contributed by atoms with Gasteiger partial charge in [-0.2, -0.15) is 10.2 Å². The number of methoxy groups -OCH3 is 1. The lowest BCUT2D eigenvalue weighted by molar-refractivity contribution is -0.119. The molecule has 55 heavy (non-hydrogen) atoms. The summed E-state index contributed by atoms with van der Waals surface area (Å²) in [5, 5.41) is 36.7. The van der Waals surface area contributed by atoms with Gasteiger partial charge in [-0.1, -0.05) is 53.5 Å². The SMILES string of the molecule is COc1nc(O[C@H]2CCc3c(-c4cccc(-c5cc6c(=N)n(CCNC[C@@H]7CCC(=O)N7)cc(C#N)c6o5)c4Cl)cccc32)c(Cl)cc1CN1CC[C@@H](O)C1. The van der Waals surface area contributed by atoms with Gasteiger partial charge < -0.3 is 34.2 Å². The third kappa shape index (κ3) is 7.43. The highest BCUT2D eigenvalue weighted by Crippen LogP contribution is 2.45. The summed E-state index contributed by atoms with van der Waals surface area (Å²) in [5.74, 6) is 1.29. The number of nitrogens with one attached hydrogen (secondary N) is 3. The fraction of sp³-hybridized carbons (Fsp3) is 0.366. The molecule has 0 saturated carbocycles. The van der Waals surface area contributed by atoms with Crippen molar-refractivity contribution < 1.29 is 23.8 Å². The average Bonchev–Trinajstić information content (AvgIpc) is 4.00. The van der Waals surface area contributed by atoms with E-state index in [1.165, 1.54) is 0 Å². The Morgan fingerprint density at radius 2 is 1.93 bits per heavy atom. The van der Waals surface area contributed by atoms with Crippen LogP contribution < -0.4 is 25.6 Å². The Morgan fingerprint density at radius 1 is 1.11 bits per heavy atom. The molecule has 1 aliphatic carbocycles. The fourth-order valence-electron chi connectivity index (χ4n) is 8.02. The second-order valence-electron chi connectivity index (χ2n) is 14.4. The van der Waals surface area contributed by atoms with Crippen LogP contribution in [0, 0.1) is 16.7 Å². The monoisotopic (exact) mass is 781 g/mol. The second-order valence-corrected chi connectivity index (χ2v) is 15.1. The summed E-state index contributed by atoms with van der Waals surface area (Å²) in [4.78, 5) is 18.3. The van der Waals surface area contributed by atoms with E-state index >= 15 is 0 Å². The van der Waals surface area contributed by atoms with E-state index in [2.05, 4.69) is 38.7 Å². The summed E-state index contributed by atoms with van der Waals surface area (Å²) in [6.45, 7) is 3.66. The zero-order valence-electron chi connectivity index (χ0n) is 30.3. The van der Waals surface area contributed by atoms with E-state index in [1.54, 1.807) is 23.9 Å². The Hall–Kier alpha value is -4.90. The van der Waals surface area contributed by atoms with Crippen LogP contribution in [0.25, 0.3) is 33.4 Å². The van der Waals surface area contributed by atoms with E-state index in [0.29, 0.717) is 88.8 Å². The van der Waals surface area contributed by atoms with E-state index in [9.17, 15) is 15.2 Å². The van der Waals surface area contributed by atoms with E-state index in [1.807, 2.05) is 30.3 Å². The van der Waals surface area contributed by atoms with Crippen molar-refractivity contribution in [2.45, 2.75) is 63.4 Å². The number of aliphatic hydroxyl groups excluding tert-OH is 1. The number of furan rings is 1. The number of rotatable bonds is 12. The Kier molecular flexibility index (Phi) is 10.6. The Bertz CT molecular complexity index is 2390. The molecule has 284 valence electrons. The maximum atomic E-state index is 11.5. The molecule has 0 bridgehead atoms. The number of benzene rings is 2. The highest BCUT2D eigenvalue weighted by molar-refractivity contribution is 6.36. The van der Waals surface area contributed by atoms with Gasteiger partial charge in [0, 0.05) is 74.6 Å². The maximum absolute atomic E-state index is 11.5. The molecule has 5 heterocycles. The maximum Gasteiger partial charge on any atom is 0.236 e. The predicted octanol–water partition coefficient (Wildman–Crippen LogP) is 6.13. The molecule has 0 radical (unpaired) electrons. The lowest BCUT2D eigenvalue weighted by Crippen LogP contribution is -2.37. The Morgan fingerprint density at radius 3 is 2.69 bits per heavy atom. The van der Waals surface area contributed by atoms with E-state index in [4.69, 9.17) is 42.5 Å². The number of carbonyl (C=O) groups is 1. The number of hydrogen-bond acceptors (Lipinski definition) is 10. The van der Waals surface area contributed by atoms with Crippen LogP contribution in [0.1, 0.15) is 54.0 Å². The fourth-order valence-corrected chi connectivity index (χ4v) is 8.55. The zero-order valence-corrected chi connectivity index (χ0v) is 31.8. The molecule has 2 fully saturated rings. The molecule has 3 atom stereocenters. The highest BCUT2D eigenvalue weighted by atomic mass is 35.5. The minimum Gasteiger partial charge on any atom is -0.481 e. The van der Waals surface area contributed by atoms with Crippen LogP contribution in [-0.2, 0) is 24.3 Å². The number of nitrogens with zero attached hydrogens (tertiary/aromatic N) is 4. The van der Waals surface area contributed by atoms with Gasteiger partial charge in [-0.25, -0.2) is 0 Å². The van der Waals surface area contributed by atoms with E-state index in [0.717, 1.165) is 60.0 Å². The highest BCUT2D eigenvalue weighted by Gasteiger charge is 2.30. The Balaban J connectivity index is 1.03. The first kappa shape index (κ1) is 37.0. The molecule has 2 aromatic carbocycles. The minimum absolute atomic E-state index is 0.0751. The number of halogens is 2. The number of aliphatic hydroxyl groups is 1. The lowest BCUT2D eigenvalue weighted by Gasteiger charge is -2.20. The van der Waals surface area contributed by atoms with Gasteiger partial charge in [-0.15, -0.1) is 0 Å². The van der Waals surface area contributed by atoms with Crippen LogP contribution in [0.3, 0.4) is 0 Å². The largest absolute Gasteiger partial charge is 0.481 e. The quantitative estimate of drug-likeness (QED) is 0.109. The first-order chi connectivity index (χ1) is 26.7. The third-order valence-corrected chi connectivity index (χ3v) is 11.4. The Labute approximate surface area is 328 Å². The summed E-state index contributed by atoms with van der Waals surface area (Å²) >= 11 is 13.9. The van der Waals surface area contributed by atoms with Crippen molar-refractivity contribution in [3.63, 3.8) is 0 Å². The molecule has 3 aromatic heterocycles. The molecule has 1 amide bonds. The standard InChI is InChI=1S/C41H41Cl2N7O5/c1-53-40-23(20-49-14-12-26(51)22-49)16-33(42)41(48-40)55-34-10-9-28-27(4-2-5-29(28)34)30-6-3-7-31(37(30)43)35-17-32-38(54-35)24(18-44)21-50(39(32)45)15-13-46-19-25-8-11-36(52)47-25/h2-7,16-17,21,25-26,34,45-46,51H,8-15,19-20,22H2,1H3,(H,47,52)/t25-,26+,34-/m0/s1. The summed E-state index contributed by atoms with van der Waals surface area (Å²) in [7, 11) is 1.58. The van der Waals surface area contributed by atoms with Gasteiger partial charge in [0.15, 0.2) is 5.58 Å². The van der Waals surface area contributed by atoms with Gasteiger partial charge in [0.05, 0.1) is 23.6 Å². The third-order valence-electron chi connectivity index (χ3n) is 10.8. The van der Waals surface area contributed by atoms with Gasteiger partial charge in [-0.05, 0) is 60.6 Å². The molecule has 8 rings (SSSR count). The normalized spacial score (nSPS) is 19.5. The number of hydrogen-bond donors (Lipinski definition) is 4. The van der Waals surface area contributed by atoms with Crippen molar-refractivity contribution >= 4 is 40.1 Å². The first-order valence-corrected chi connectivity index (χ1v) is 19.3. The second kappa shape index (κ2) is 15.7. The number of ether oxygens (including phenoxy) is 2. The minimum atomic E-state index is -0.326. The molecule has 2 saturated heterocycles. The number of fused-ring (bicyclic) bond motifs is 2. The van der Waals surface area contributed by atoms with Crippen molar-refractivity contribution in [1.82, 2.24) is 25.1 Å².